The molecule has 0 aliphatic rings. The lowest BCUT2D eigenvalue weighted by atomic mass is 10.0. The van der Waals surface area contributed by atoms with Crippen molar-refractivity contribution in [1.29, 1.82) is 0 Å². The first-order valence-electron chi connectivity index (χ1n) is 7.63. The molecule has 3 rings (SSSR count). The van der Waals surface area contributed by atoms with Crippen LogP contribution in [0.15, 0.2) is 51.9 Å². The molecule has 0 saturated carbocycles. The molecule has 0 radical (unpaired) electrons. The molecule has 23 heavy (non-hydrogen) atoms. The van der Waals surface area contributed by atoms with Gasteiger partial charge >= 0.3 is 0 Å². The Hall–Kier alpha value is -2.69. The average Bonchev–Trinajstić information content (AvgIpc) is 2.99. The highest BCUT2D eigenvalue weighted by Crippen LogP contribution is 2.20. The minimum absolute atomic E-state index is 0.0777. The lowest BCUT2D eigenvalue weighted by Crippen LogP contribution is -2.19. The highest BCUT2D eigenvalue weighted by Gasteiger charge is 2.10. The second-order valence-electron chi connectivity index (χ2n) is 5.96. The number of pyridine rings is 1. The molecule has 0 N–H and O–H groups in total. The maximum Gasteiger partial charge on any atom is 0.251 e. The number of rotatable bonds is 4. The van der Waals surface area contributed by atoms with Crippen molar-refractivity contribution >= 4 is 0 Å². The van der Waals surface area contributed by atoms with Crippen molar-refractivity contribution in [3.05, 3.63) is 70.0 Å². The molecule has 118 valence electrons. The van der Waals surface area contributed by atoms with Crippen LogP contribution in [0.1, 0.15) is 36.8 Å². The topological polar surface area (TPSA) is 60.9 Å². The van der Waals surface area contributed by atoms with E-state index in [1.807, 2.05) is 25.1 Å². The van der Waals surface area contributed by atoms with E-state index in [1.54, 1.807) is 16.8 Å². The molecule has 0 aliphatic carbocycles. The number of hydrogen-bond acceptors (Lipinski definition) is 4. The Morgan fingerprint density at radius 2 is 1.91 bits per heavy atom. The number of nitrogens with zero attached hydrogens (tertiary/aromatic N) is 3. The van der Waals surface area contributed by atoms with Crippen LogP contribution in [0.25, 0.3) is 11.4 Å². The van der Waals surface area contributed by atoms with E-state index < -0.39 is 0 Å². The summed E-state index contributed by atoms with van der Waals surface area (Å²) < 4.78 is 6.81. The van der Waals surface area contributed by atoms with E-state index in [0.29, 0.717) is 17.6 Å². The standard InChI is InChI=1S/C18H19N3O2/c1-12(2)14-4-6-15(7-5-14)18-19-16(23-20-18)11-21-9-8-13(3)10-17(21)22/h4-10,12H,11H2,1-3H3. The highest BCUT2D eigenvalue weighted by molar-refractivity contribution is 5.54. The van der Waals surface area contributed by atoms with Gasteiger partial charge in [0.2, 0.25) is 11.7 Å². The maximum atomic E-state index is 11.9. The van der Waals surface area contributed by atoms with Crippen LogP contribution in [-0.2, 0) is 6.54 Å². The summed E-state index contributed by atoms with van der Waals surface area (Å²) in [4.78, 5) is 16.3. The molecule has 3 aromatic rings. The largest absolute Gasteiger partial charge is 0.337 e. The fraction of sp³-hybridized carbons (Fsp3) is 0.278. The van der Waals surface area contributed by atoms with Crippen LogP contribution in [-0.4, -0.2) is 14.7 Å². The zero-order valence-corrected chi connectivity index (χ0v) is 13.5. The summed E-state index contributed by atoms with van der Waals surface area (Å²) in [6.07, 6.45) is 1.74. The minimum atomic E-state index is -0.0777. The predicted molar refractivity (Wildman–Crippen MR) is 88.4 cm³/mol. The molecule has 0 amide bonds. The Bertz CT molecular complexity index is 860. The Labute approximate surface area is 134 Å². The zero-order chi connectivity index (χ0) is 16.4. The first-order chi connectivity index (χ1) is 11.0. The van der Waals surface area contributed by atoms with Gasteiger partial charge in [0.05, 0.1) is 0 Å². The van der Waals surface area contributed by atoms with Gasteiger partial charge in [0.1, 0.15) is 6.54 Å². The van der Waals surface area contributed by atoms with Crippen LogP contribution < -0.4 is 5.56 Å². The second kappa shape index (κ2) is 6.20. The van der Waals surface area contributed by atoms with Crippen LogP contribution in [0.3, 0.4) is 0 Å². The van der Waals surface area contributed by atoms with Gasteiger partial charge in [-0.3, -0.25) is 4.79 Å². The van der Waals surface area contributed by atoms with Crippen molar-refractivity contribution in [3.8, 4) is 11.4 Å². The summed E-state index contributed by atoms with van der Waals surface area (Å²) in [6.45, 7) is 6.47. The fourth-order valence-electron chi connectivity index (χ4n) is 2.34. The van der Waals surface area contributed by atoms with E-state index in [1.165, 1.54) is 5.56 Å². The zero-order valence-electron chi connectivity index (χ0n) is 13.5. The van der Waals surface area contributed by atoms with Gasteiger partial charge in [-0.15, -0.1) is 0 Å². The van der Waals surface area contributed by atoms with Gasteiger partial charge in [-0.2, -0.15) is 4.98 Å². The summed E-state index contributed by atoms with van der Waals surface area (Å²) in [6, 6.07) is 11.6. The predicted octanol–water partition coefficient (Wildman–Crippen LogP) is 3.38. The Morgan fingerprint density at radius 1 is 1.17 bits per heavy atom. The van der Waals surface area contributed by atoms with Crippen LogP contribution >= 0.6 is 0 Å². The molecule has 0 saturated heterocycles. The smallest absolute Gasteiger partial charge is 0.251 e. The molecular weight excluding hydrogens is 290 g/mol. The first kappa shape index (κ1) is 15.2. The van der Waals surface area contributed by atoms with Gasteiger partial charge in [-0.05, 0) is 30.0 Å². The monoisotopic (exact) mass is 309 g/mol. The fourth-order valence-corrected chi connectivity index (χ4v) is 2.34. The average molecular weight is 309 g/mol. The van der Waals surface area contributed by atoms with E-state index in [-0.39, 0.29) is 12.1 Å². The van der Waals surface area contributed by atoms with E-state index in [9.17, 15) is 4.79 Å². The van der Waals surface area contributed by atoms with Gasteiger partial charge in [-0.1, -0.05) is 43.3 Å². The highest BCUT2D eigenvalue weighted by atomic mass is 16.5. The summed E-state index contributed by atoms with van der Waals surface area (Å²) in [7, 11) is 0. The van der Waals surface area contributed by atoms with Crippen molar-refractivity contribution in [2.75, 3.05) is 0 Å². The SMILES string of the molecule is Cc1ccn(Cc2nc(-c3ccc(C(C)C)cc3)no2)c(=O)c1. The summed E-state index contributed by atoms with van der Waals surface area (Å²) >= 11 is 0. The van der Waals surface area contributed by atoms with Gasteiger partial charge in [0, 0.05) is 17.8 Å². The molecule has 5 heteroatoms. The van der Waals surface area contributed by atoms with Crippen molar-refractivity contribution in [3.63, 3.8) is 0 Å². The molecule has 0 unspecified atom stereocenters. The molecule has 0 bridgehead atoms. The van der Waals surface area contributed by atoms with Crippen molar-refractivity contribution in [2.45, 2.75) is 33.2 Å². The second-order valence-corrected chi connectivity index (χ2v) is 5.96. The molecule has 0 spiro atoms. The third-order valence-electron chi connectivity index (χ3n) is 3.76. The minimum Gasteiger partial charge on any atom is -0.337 e. The van der Waals surface area contributed by atoms with Crippen LogP contribution in [0.4, 0.5) is 0 Å². The molecule has 2 aromatic heterocycles. The third-order valence-corrected chi connectivity index (χ3v) is 3.76. The molecule has 5 nitrogen and oxygen atoms in total. The van der Waals surface area contributed by atoms with Crippen molar-refractivity contribution in [2.24, 2.45) is 0 Å². The first-order valence-corrected chi connectivity index (χ1v) is 7.63. The molecule has 0 fully saturated rings. The molecule has 2 heterocycles. The number of hydrogen-bond donors (Lipinski definition) is 0. The van der Waals surface area contributed by atoms with Crippen LogP contribution in [0.5, 0.6) is 0 Å². The number of benzene rings is 1. The lowest BCUT2D eigenvalue weighted by molar-refractivity contribution is 0.370. The quantitative estimate of drug-likeness (QED) is 0.741. The number of aryl methyl sites for hydroxylation is 1. The molecule has 0 atom stereocenters. The number of aromatic nitrogens is 3. The van der Waals surface area contributed by atoms with Gasteiger partial charge in [-0.25, -0.2) is 0 Å². The molecular formula is C18H19N3O2. The van der Waals surface area contributed by atoms with E-state index in [0.717, 1.165) is 11.1 Å². The Balaban J connectivity index is 1.81. The van der Waals surface area contributed by atoms with Crippen molar-refractivity contribution < 1.29 is 4.52 Å². The Morgan fingerprint density at radius 3 is 2.57 bits per heavy atom. The van der Waals surface area contributed by atoms with Gasteiger partial charge in [0.25, 0.3) is 5.56 Å². The van der Waals surface area contributed by atoms with E-state index >= 15 is 0 Å². The normalized spacial score (nSPS) is 11.1. The maximum absolute atomic E-state index is 11.9. The summed E-state index contributed by atoms with van der Waals surface area (Å²) in [5, 5.41) is 4.00. The van der Waals surface area contributed by atoms with Crippen LogP contribution in [0, 0.1) is 6.92 Å². The summed E-state index contributed by atoms with van der Waals surface area (Å²) in [5.41, 5.74) is 3.03. The molecule has 0 aliphatic heterocycles. The summed E-state index contributed by atoms with van der Waals surface area (Å²) in [5.74, 6) is 1.44. The Kier molecular flexibility index (Phi) is 4.10. The van der Waals surface area contributed by atoms with Crippen LogP contribution in [0.2, 0.25) is 0 Å². The lowest BCUT2D eigenvalue weighted by Gasteiger charge is -2.04. The van der Waals surface area contributed by atoms with E-state index in [4.69, 9.17) is 4.52 Å². The van der Waals surface area contributed by atoms with Gasteiger partial charge < -0.3 is 9.09 Å². The van der Waals surface area contributed by atoms with Crippen molar-refractivity contribution in [1.82, 2.24) is 14.7 Å². The third kappa shape index (κ3) is 3.39. The van der Waals surface area contributed by atoms with Gasteiger partial charge in [0.15, 0.2) is 0 Å². The van der Waals surface area contributed by atoms with E-state index in [2.05, 4.69) is 36.1 Å². The molecule has 1 aromatic carbocycles.